The van der Waals surface area contributed by atoms with Crippen LogP contribution in [0.5, 0.6) is 0 Å². The average molecular weight is 217 g/mol. The number of ether oxygens (including phenoxy) is 1. The topological polar surface area (TPSA) is 50.1 Å². The van der Waals surface area contributed by atoms with Crippen LogP contribution in [0, 0.1) is 18.3 Å². The van der Waals surface area contributed by atoms with E-state index >= 15 is 0 Å². The van der Waals surface area contributed by atoms with Crippen molar-refractivity contribution in [3.8, 4) is 6.07 Å². The molecule has 0 radical (unpaired) electrons. The van der Waals surface area contributed by atoms with E-state index < -0.39 is 0 Å². The highest BCUT2D eigenvalue weighted by molar-refractivity contribution is 5.69. The molecule has 0 aliphatic heterocycles. The Morgan fingerprint density at radius 1 is 1.50 bits per heavy atom. The lowest BCUT2D eigenvalue weighted by Crippen LogP contribution is -2.05. The Morgan fingerprint density at radius 3 is 2.75 bits per heavy atom. The predicted molar refractivity (Wildman–Crippen MR) is 60.8 cm³/mol. The van der Waals surface area contributed by atoms with Crippen molar-refractivity contribution in [2.45, 2.75) is 25.7 Å². The molecule has 3 heteroatoms. The number of nitrogens with zero attached hydrogens (tertiary/aromatic N) is 1. The quantitative estimate of drug-likeness (QED) is 0.728. The summed E-state index contributed by atoms with van der Waals surface area (Å²) in [6, 6.07) is 9.98. The van der Waals surface area contributed by atoms with Gasteiger partial charge in [0.05, 0.1) is 19.1 Å². The number of carbonyl (C=O) groups excluding carboxylic acids is 1. The molecular formula is C13H15NO2. The van der Waals surface area contributed by atoms with Crippen molar-refractivity contribution in [3.05, 3.63) is 35.4 Å². The molecule has 1 unspecified atom stereocenters. The van der Waals surface area contributed by atoms with Gasteiger partial charge in [-0.3, -0.25) is 4.79 Å². The summed E-state index contributed by atoms with van der Waals surface area (Å²) >= 11 is 0. The fraction of sp³-hybridized carbons (Fsp3) is 0.385. The fourth-order valence-electron chi connectivity index (χ4n) is 1.63. The third-order valence-electron chi connectivity index (χ3n) is 2.58. The zero-order chi connectivity index (χ0) is 12.0. The number of benzene rings is 1. The van der Waals surface area contributed by atoms with Gasteiger partial charge in [-0.1, -0.05) is 24.3 Å². The number of hydrogen-bond acceptors (Lipinski definition) is 3. The molecule has 0 aliphatic carbocycles. The van der Waals surface area contributed by atoms with Crippen LogP contribution in [0.3, 0.4) is 0 Å². The Morgan fingerprint density at radius 2 is 2.19 bits per heavy atom. The van der Waals surface area contributed by atoms with Crippen LogP contribution in [-0.2, 0) is 9.53 Å². The molecule has 1 atom stereocenters. The first-order chi connectivity index (χ1) is 7.69. The minimum Gasteiger partial charge on any atom is -0.469 e. The highest BCUT2D eigenvalue weighted by atomic mass is 16.5. The van der Waals surface area contributed by atoms with Crippen LogP contribution < -0.4 is 0 Å². The third kappa shape index (κ3) is 3.09. The Bertz CT molecular complexity index is 407. The Balaban J connectivity index is 2.73. The third-order valence-corrected chi connectivity index (χ3v) is 2.58. The molecule has 0 saturated heterocycles. The van der Waals surface area contributed by atoms with Crippen molar-refractivity contribution in [2.24, 2.45) is 0 Å². The highest BCUT2D eigenvalue weighted by Crippen LogP contribution is 2.23. The standard InChI is InChI=1S/C13H15NO2/c1-10-5-3-4-6-12(10)11(9-14)7-8-13(15)16-2/h3-6,11H,7-8H2,1-2H3. The lowest BCUT2D eigenvalue weighted by molar-refractivity contribution is -0.140. The van der Waals surface area contributed by atoms with Crippen LogP contribution in [0.25, 0.3) is 0 Å². The van der Waals surface area contributed by atoms with E-state index in [1.807, 2.05) is 31.2 Å². The van der Waals surface area contributed by atoms with Gasteiger partial charge in [0.25, 0.3) is 0 Å². The van der Waals surface area contributed by atoms with E-state index in [1.54, 1.807) is 0 Å². The molecule has 1 aromatic rings. The molecule has 1 aromatic carbocycles. The van der Waals surface area contributed by atoms with Crippen molar-refractivity contribution in [2.75, 3.05) is 7.11 Å². The summed E-state index contributed by atoms with van der Waals surface area (Å²) in [7, 11) is 1.36. The molecule has 0 fully saturated rings. The van der Waals surface area contributed by atoms with Gasteiger partial charge in [-0.15, -0.1) is 0 Å². The van der Waals surface area contributed by atoms with E-state index in [4.69, 9.17) is 5.26 Å². The van der Waals surface area contributed by atoms with E-state index in [1.165, 1.54) is 7.11 Å². The summed E-state index contributed by atoms with van der Waals surface area (Å²) in [4.78, 5) is 11.0. The molecule has 3 nitrogen and oxygen atoms in total. The summed E-state index contributed by atoms with van der Waals surface area (Å²) in [5, 5.41) is 9.09. The minimum atomic E-state index is -0.270. The molecule has 0 amide bonds. The molecule has 16 heavy (non-hydrogen) atoms. The number of methoxy groups -OCH3 is 1. The maximum atomic E-state index is 11.0. The van der Waals surface area contributed by atoms with Crippen LogP contribution in [0.15, 0.2) is 24.3 Å². The average Bonchev–Trinajstić information content (AvgIpc) is 2.31. The first kappa shape index (κ1) is 12.3. The van der Waals surface area contributed by atoms with Crippen molar-refractivity contribution in [1.82, 2.24) is 0 Å². The SMILES string of the molecule is COC(=O)CCC(C#N)c1ccccc1C. The first-order valence-corrected chi connectivity index (χ1v) is 5.21. The molecule has 0 aromatic heterocycles. The smallest absolute Gasteiger partial charge is 0.305 e. The molecule has 84 valence electrons. The van der Waals surface area contributed by atoms with E-state index in [0.29, 0.717) is 6.42 Å². The molecule has 0 bridgehead atoms. The Kier molecular flexibility index (Phi) is 4.53. The van der Waals surface area contributed by atoms with E-state index in [-0.39, 0.29) is 18.3 Å². The lowest BCUT2D eigenvalue weighted by Gasteiger charge is -2.11. The monoisotopic (exact) mass is 217 g/mol. The predicted octanol–water partition coefficient (Wildman–Crippen LogP) is 2.56. The maximum absolute atomic E-state index is 11.0. The van der Waals surface area contributed by atoms with Crippen LogP contribution >= 0.6 is 0 Å². The van der Waals surface area contributed by atoms with Gasteiger partial charge in [0.2, 0.25) is 0 Å². The van der Waals surface area contributed by atoms with E-state index in [2.05, 4.69) is 10.8 Å². The maximum Gasteiger partial charge on any atom is 0.305 e. The zero-order valence-electron chi connectivity index (χ0n) is 9.56. The van der Waals surface area contributed by atoms with Crippen molar-refractivity contribution >= 4 is 5.97 Å². The molecule has 0 aliphatic rings. The number of nitriles is 1. The van der Waals surface area contributed by atoms with Crippen molar-refractivity contribution in [1.29, 1.82) is 5.26 Å². The van der Waals surface area contributed by atoms with Crippen molar-refractivity contribution < 1.29 is 9.53 Å². The normalized spacial score (nSPS) is 11.6. The van der Waals surface area contributed by atoms with Crippen LogP contribution in [0.4, 0.5) is 0 Å². The number of hydrogen-bond donors (Lipinski definition) is 0. The van der Waals surface area contributed by atoms with Gasteiger partial charge < -0.3 is 4.74 Å². The second-order valence-electron chi connectivity index (χ2n) is 3.65. The van der Waals surface area contributed by atoms with Gasteiger partial charge in [0, 0.05) is 6.42 Å². The van der Waals surface area contributed by atoms with Crippen molar-refractivity contribution in [3.63, 3.8) is 0 Å². The summed E-state index contributed by atoms with van der Waals surface area (Å²) in [5.74, 6) is -0.505. The number of esters is 1. The highest BCUT2D eigenvalue weighted by Gasteiger charge is 2.14. The minimum absolute atomic E-state index is 0.236. The molecule has 0 spiro atoms. The van der Waals surface area contributed by atoms with Gasteiger partial charge in [0.15, 0.2) is 0 Å². The van der Waals surface area contributed by atoms with E-state index in [9.17, 15) is 4.79 Å². The summed E-state index contributed by atoms with van der Waals surface area (Å²) in [6.45, 7) is 1.97. The molecule has 0 heterocycles. The first-order valence-electron chi connectivity index (χ1n) is 5.21. The Labute approximate surface area is 95.7 Å². The summed E-state index contributed by atoms with van der Waals surface area (Å²) in [6.07, 6.45) is 0.789. The molecule has 0 saturated carbocycles. The largest absolute Gasteiger partial charge is 0.469 e. The van der Waals surface area contributed by atoms with Gasteiger partial charge in [-0.05, 0) is 24.5 Å². The van der Waals surface area contributed by atoms with Gasteiger partial charge >= 0.3 is 5.97 Å². The van der Waals surface area contributed by atoms with Gasteiger partial charge in [-0.25, -0.2) is 0 Å². The van der Waals surface area contributed by atoms with Gasteiger partial charge in [0.1, 0.15) is 0 Å². The van der Waals surface area contributed by atoms with E-state index in [0.717, 1.165) is 11.1 Å². The summed E-state index contributed by atoms with van der Waals surface area (Å²) in [5.41, 5.74) is 2.08. The lowest BCUT2D eigenvalue weighted by atomic mass is 9.92. The second-order valence-corrected chi connectivity index (χ2v) is 3.65. The number of aryl methyl sites for hydroxylation is 1. The number of carbonyl (C=O) groups is 1. The summed E-state index contributed by atoms with van der Waals surface area (Å²) < 4.78 is 4.56. The fourth-order valence-corrected chi connectivity index (χ4v) is 1.63. The van der Waals surface area contributed by atoms with Crippen LogP contribution in [0.1, 0.15) is 29.9 Å². The molecular weight excluding hydrogens is 202 g/mol. The molecule has 0 N–H and O–H groups in total. The zero-order valence-corrected chi connectivity index (χ0v) is 9.56. The second kappa shape index (κ2) is 5.92. The number of rotatable bonds is 4. The molecule has 1 rings (SSSR count). The van der Waals surface area contributed by atoms with Crippen LogP contribution in [0.2, 0.25) is 0 Å². The van der Waals surface area contributed by atoms with Crippen LogP contribution in [-0.4, -0.2) is 13.1 Å². The van der Waals surface area contributed by atoms with Gasteiger partial charge in [-0.2, -0.15) is 5.26 Å². The Hall–Kier alpha value is -1.82.